The fraction of sp³-hybridized carbons (Fsp3) is 0.452. The maximum absolute atomic E-state index is 13.1. The number of likely N-dealkylation sites (N-methyl/N-ethyl adjacent to an activating group) is 2. The molecule has 10 heteroatoms. The topological polar surface area (TPSA) is 104 Å². The molecule has 224 valence electrons. The summed E-state index contributed by atoms with van der Waals surface area (Å²) in [6.07, 6.45) is 9.46. The van der Waals surface area contributed by atoms with Crippen molar-refractivity contribution in [3.8, 4) is 0 Å². The Balaban J connectivity index is 0.00000287. The van der Waals surface area contributed by atoms with E-state index in [4.69, 9.17) is 17.3 Å². The van der Waals surface area contributed by atoms with Crippen molar-refractivity contribution >= 4 is 35.1 Å². The number of hydrogen-bond donors (Lipinski definition) is 2. The van der Waals surface area contributed by atoms with Crippen LogP contribution in [0.5, 0.6) is 0 Å². The highest BCUT2D eigenvalue weighted by atomic mass is 35.5. The van der Waals surface area contributed by atoms with Crippen molar-refractivity contribution in [2.24, 2.45) is 5.73 Å². The van der Waals surface area contributed by atoms with E-state index in [9.17, 15) is 14.4 Å². The van der Waals surface area contributed by atoms with Gasteiger partial charge in [0.2, 0.25) is 0 Å². The number of nitrogens with one attached hydrogen (secondary N) is 1. The fourth-order valence-corrected chi connectivity index (χ4v) is 4.78. The summed E-state index contributed by atoms with van der Waals surface area (Å²) >= 11 is 6.59. The lowest BCUT2D eigenvalue weighted by atomic mass is 10.1. The number of amides is 4. The number of allylic oxidation sites excluding steroid dienone is 4. The second kappa shape index (κ2) is 16.6. The average Bonchev–Trinajstić information content (AvgIpc) is 3.26. The molecule has 2 aromatic rings. The van der Waals surface area contributed by atoms with Crippen LogP contribution in [0.25, 0.3) is 0 Å². The molecule has 3 rings (SSSR count). The molecule has 41 heavy (non-hydrogen) atoms. The number of halogens is 1. The number of carbonyl (C=O) groups is 3. The highest BCUT2D eigenvalue weighted by molar-refractivity contribution is 6.34. The Kier molecular flexibility index (Phi) is 13.7. The van der Waals surface area contributed by atoms with E-state index >= 15 is 0 Å². The lowest BCUT2D eigenvalue weighted by Gasteiger charge is -2.30. The summed E-state index contributed by atoms with van der Waals surface area (Å²) in [7, 11) is 3.80. The molecule has 1 aromatic heterocycles. The minimum Gasteiger partial charge on any atom is -0.365 e. The predicted octanol–water partition coefficient (Wildman–Crippen LogP) is 5.40. The molecule has 3 N–H and O–H groups in total. The lowest BCUT2D eigenvalue weighted by Crippen LogP contribution is -2.41. The van der Waals surface area contributed by atoms with Gasteiger partial charge in [-0.1, -0.05) is 63.6 Å². The summed E-state index contributed by atoms with van der Waals surface area (Å²) < 4.78 is 2.00. The van der Waals surface area contributed by atoms with Crippen molar-refractivity contribution in [1.82, 2.24) is 19.3 Å². The predicted molar refractivity (Wildman–Crippen MR) is 168 cm³/mol. The minimum absolute atomic E-state index is 0.0722. The average molecular weight is 585 g/mol. The van der Waals surface area contributed by atoms with Gasteiger partial charge in [-0.25, -0.2) is 4.79 Å². The van der Waals surface area contributed by atoms with E-state index in [1.165, 1.54) is 0 Å². The molecule has 1 aromatic carbocycles. The second-order valence-electron chi connectivity index (χ2n) is 9.62. The third kappa shape index (κ3) is 8.96. The Labute approximate surface area is 249 Å². The zero-order valence-corrected chi connectivity index (χ0v) is 26.0. The summed E-state index contributed by atoms with van der Waals surface area (Å²) in [5, 5.41) is 3.23. The van der Waals surface area contributed by atoms with Crippen LogP contribution in [-0.4, -0.2) is 77.4 Å². The molecule has 4 amide bonds. The molecule has 9 nitrogen and oxygen atoms in total. The number of anilines is 1. The van der Waals surface area contributed by atoms with Crippen molar-refractivity contribution in [1.29, 1.82) is 0 Å². The first-order valence-corrected chi connectivity index (χ1v) is 14.7. The Morgan fingerprint density at radius 2 is 1.68 bits per heavy atom. The van der Waals surface area contributed by atoms with Gasteiger partial charge in [0.15, 0.2) is 0 Å². The molecule has 0 unspecified atom stereocenters. The summed E-state index contributed by atoms with van der Waals surface area (Å²) in [5.41, 5.74) is 8.52. The quantitative estimate of drug-likeness (QED) is 0.345. The van der Waals surface area contributed by atoms with Crippen molar-refractivity contribution in [2.75, 3.05) is 45.6 Å². The van der Waals surface area contributed by atoms with E-state index in [1.54, 1.807) is 41.1 Å². The normalized spacial score (nSPS) is 12.8. The molecular weight excluding hydrogens is 540 g/mol. The maximum atomic E-state index is 13.1. The summed E-state index contributed by atoms with van der Waals surface area (Å²) in [6, 6.07) is 6.54. The van der Waals surface area contributed by atoms with Crippen molar-refractivity contribution in [2.45, 2.75) is 53.6 Å². The van der Waals surface area contributed by atoms with Gasteiger partial charge in [-0.05, 0) is 44.3 Å². The van der Waals surface area contributed by atoms with Crippen LogP contribution in [0.15, 0.2) is 48.6 Å². The number of rotatable bonds is 11. The Hall–Kier alpha value is -3.56. The van der Waals surface area contributed by atoms with Gasteiger partial charge in [0.25, 0.3) is 11.8 Å². The number of hydrogen-bond acceptors (Lipinski definition) is 4. The van der Waals surface area contributed by atoms with E-state index < -0.39 is 5.91 Å². The molecule has 1 aliphatic heterocycles. The smallest absolute Gasteiger partial charge is 0.322 e. The van der Waals surface area contributed by atoms with Gasteiger partial charge in [-0.3, -0.25) is 9.59 Å². The maximum Gasteiger partial charge on any atom is 0.322 e. The van der Waals surface area contributed by atoms with Gasteiger partial charge in [-0.15, -0.1) is 0 Å². The van der Waals surface area contributed by atoms with Gasteiger partial charge in [-0.2, -0.15) is 0 Å². The van der Waals surface area contributed by atoms with E-state index in [0.717, 1.165) is 25.2 Å². The van der Waals surface area contributed by atoms with Gasteiger partial charge >= 0.3 is 6.03 Å². The standard InChI is InChI=1S/C29H39ClN6O3.C2H6/c1-5-7-8-9-10-11-23-26(30)25(27(31)37)24-20-35(18-19-36(23)24)29(39)32-22-14-12-21(13-15-22)28(38)34(4)17-16-33(3)6-2;1-2/h7-10,12-15H,5-6,11,16-20H2,1-4H3,(H2,31,37)(H,32,39);1-2H3/b8-7-,10-9-;. The first kappa shape index (κ1) is 33.6. The fourth-order valence-electron chi connectivity index (χ4n) is 4.40. The van der Waals surface area contributed by atoms with Crippen LogP contribution in [0.4, 0.5) is 10.5 Å². The zero-order valence-electron chi connectivity index (χ0n) is 25.2. The van der Waals surface area contributed by atoms with E-state index in [1.807, 2.05) is 49.8 Å². The molecule has 0 bridgehead atoms. The first-order chi connectivity index (χ1) is 19.7. The number of nitrogens with zero attached hydrogens (tertiary/aromatic N) is 4. The van der Waals surface area contributed by atoms with Gasteiger partial charge in [0, 0.05) is 56.6 Å². The largest absolute Gasteiger partial charge is 0.365 e. The van der Waals surface area contributed by atoms with E-state index in [-0.39, 0.29) is 24.0 Å². The van der Waals surface area contributed by atoms with Crippen LogP contribution in [0.3, 0.4) is 0 Å². The Morgan fingerprint density at radius 1 is 1.02 bits per heavy atom. The summed E-state index contributed by atoms with van der Waals surface area (Å²) in [5.74, 6) is -0.684. The van der Waals surface area contributed by atoms with Crippen LogP contribution >= 0.6 is 11.6 Å². The number of fused-ring (bicyclic) bond motifs is 1. The molecular formula is C31H45ClN6O3. The molecule has 0 fully saturated rings. The molecule has 0 radical (unpaired) electrons. The molecule has 0 spiro atoms. The molecule has 0 saturated carbocycles. The molecule has 1 aliphatic rings. The van der Waals surface area contributed by atoms with Crippen molar-refractivity contribution < 1.29 is 14.4 Å². The highest BCUT2D eigenvalue weighted by Gasteiger charge is 2.30. The molecule has 2 heterocycles. The van der Waals surface area contributed by atoms with Crippen LogP contribution in [0.2, 0.25) is 5.02 Å². The summed E-state index contributed by atoms with van der Waals surface area (Å²) in [4.78, 5) is 43.5. The number of urea groups is 1. The van der Waals surface area contributed by atoms with E-state index in [0.29, 0.717) is 48.0 Å². The summed E-state index contributed by atoms with van der Waals surface area (Å²) in [6.45, 7) is 11.6. The monoisotopic (exact) mass is 584 g/mol. The molecule has 0 saturated heterocycles. The van der Waals surface area contributed by atoms with Crippen LogP contribution in [0, 0.1) is 0 Å². The third-order valence-electron chi connectivity index (χ3n) is 6.90. The third-order valence-corrected chi connectivity index (χ3v) is 7.30. The second-order valence-corrected chi connectivity index (χ2v) is 10.00. The minimum atomic E-state index is -0.612. The first-order valence-electron chi connectivity index (χ1n) is 14.3. The number of carbonyl (C=O) groups excluding carboxylic acids is 3. The Bertz CT molecular complexity index is 1240. The van der Waals surface area contributed by atoms with E-state index in [2.05, 4.69) is 24.1 Å². The number of primary amides is 1. The van der Waals surface area contributed by atoms with Gasteiger partial charge in [0.1, 0.15) is 0 Å². The van der Waals surface area contributed by atoms with Crippen LogP contribution in [0.1, 0.15) is 66.2 Å². The lowest BCUT2D eigenvalue weighted by molar-refractivity contribution is 0.0783. The van der Waals surface area contributed by atoms with Crippen LogP contribution < -0.4 is 11.1 Å². The molecule has 0 aliphatic carbocycles. The Morgan fingerprint density at radius 3 is 2.29 bits per heavy atom. The van der Waals surface area contributed by atoms with Gasteiger partial charge < -0.3 is 30.3 Å². The number of aromatic nitrogens is 1. The zero-order chi connectivity index (χ0) is 30.5. The van der Waals surface area contributed by atoms with Crippen molar-refractivity contribution in [3.63, 3.8) is 0 Å². The SMILES string of the molecule is CC.CC/C=C\C=C/Cc1c(Cl)c(C(N)=O)c2n1CCN(C(=O)Nc1ccc(C(=O)N(C)CCN(C)CC)cc1)C2. The highest BCUT2D eigenvalue weighted by Crippen LogP contribution is 2.32. The molecule has 0 atom stereocenters. The number of benzene rings is 1. The van der Waals surface area contributed by atoms with Crippen molar-refractivity contribution in [3.05, 3.63) is 76.1 Å². The van der Waals surface area contributed by atoms with Crippen LogP contribution in [-0.2, 0) is 19.5 Å². The number of nitrogens with two attached hydrogens (primary N) is 1. The van der Waals surface area contributed by atoms with Gasteiger partial charge in [0.05, 0.1) is 22.8 Å².